The largest absolute Gasteiger partial charge is 0.293 e. The molecule has 0 aromatic heterocycles. The minimum atomic E-state index is -0.218. The van der Waals surface area contributed by atoms with E-state index in [2.05, 4.69) is 98.2 Å². The fourth-order valence-electron chi connectivity index (χ4n) is 3.23. The van der Waals surface area contributed by atoms with E-state index in [4.69, 9.17) is 0 Å². The van der Waals surface area contributed by atoms with Crippen molar-refractivity contribution in [2.75, 3.05) is 19.6 Å². The van der Waals surface area contributed by atoms with Crippen LogP contribution in [0.5, 0.6) is 0 Å². The van der Waals surface area contributed by atoms with Gasteiger partial charge in [-0.3, -0.25) is 4.90 Å². The van der Waals surface area contributed by atoms with Crippen molar-refractivity contribution in [1.29, 1.82) is 0 Å². The molecule has 25 heavy (non-hydrogen) atoms. The minimum absolute atomic E-state index is 0. The van der Waals surface area contributed by atoms with Gasteiger partial charge in [0.2, 0.25) is 0 Å². The Bertz CT molecular complexity index is 611. The van der Waals surface area contributed by atoms with Crippen LogP contribution < -0.4 is 0 Å². The van der Waals surface area contributed by atoms with Crippen molar-refractivity contribution in [2.45, 2.75) is 39.0 Å². The molecule has 2 aromatic rings. The summed E-state index contributed by atoms with van der Waals surface area (Å²) < 4.78 is 0. The van der Waals surface area contributed by atoms with Gasteiger partial charge in [0.15, 0.2) is 0 Å². The second-order valence-corrected chi connectivity index (χ2v) is 6.15. The third-order valence-corrected chi connectivity index (χ3v) is 4.66. The van der Waals surface area contributed by atoms with Gasteiger partial charge in [0.25, 0.3) is 0 Å². The van der Waals surface area contributed by atoms with E-state index in [-0.39, 0.29) is 17.8 Å². The molecule has 0 aliphatic carbocycles. The zero-order valence-corrected chi connectivity index (χ0v) is 16.5. The van der Waals surface area contributed by atoms with Crippen LogP contribution >= 0.6 is 12.4 Å². The molecule has 0 saturated carbocycles. The van der Waals surface area contributed by atoms with Crippen molar-refractivity contribution in [3.05, 3.63) is 71.8 Å². The van der Waals surface area contributed by atoms with Crippen LogP contribution in [-0.2, 0) is 5.41 Å². The first-order valence-electron chi connectivity index (χ1n) is 9.10. The Balaban J connectivity index is 0.00000312. The standard InChI is InChI=1S/C23H29N.ClH/c1-4-18-23(21-14-9-7-10-15-21,22-16-11-8-12-17-22)19-13-20-24(5-2)6-3;/h7-12,14-17H,4-6,18,20H2,1-3H3;1H. The van der Waals surface area contributed by atoms with Crippen molar-refractivity contribution in [3.8, 4) is 11.8 Å². The zero-order valence-electron chi connectivity index (χ0n) is 15.7. The van der Waals surface area contributed by atoms with Crippen LogP contribution in [-0.4, -0.2) is 24.5 Å². The third-order valence-electron chi connectivity index (χ3n) is 4.66. The molecule has 0 unspecified atom stereocenters. The van der Waals surface area contributed by atoms with E-state index in [0.29, 0.717) is 0 Å². The molecule has 1 nitrogen and oxygen atoms in total. The minimum Gasteiger partial charge on any atom is -0.293 e. The van der Waals surface area contributed by atoms with Crippen molar-refractivity contribution in [1.82, 2.24) is 4.90 Å². The molecule has 2 aromatic carbocycles. The highest BCUT2D eigenvalue weighted by Gasteiger charge is 2.31. The Hall–Kier alpha value is -1.75. The van der Waals surface area contributed by atoms with Gasteiger partial charge in [0.05, 0.1) is 12.0 Å². The lowest BCUT2D eigenvalue weighted by Gasteiger charge is -2.30. The number of hydrogen-bond acceptors (Lipinski definition) is 1. The molecule has 0 atom stereocenters. The summed E-state index contributed by atoms with van der Waals surface area (Å²) >= 11 is 0. The summed E-state index contributed by atoms with van der Waals surface area (Å²) in [5.41, 5.74) is 2.37. The molecule has 134 valence electrons. The number of halogens is 1. The van der Waals surface area contributed by atoms with Crippen LogP contribution in [0.3, 0.4) is 0 Å². The van der Waals surface area contributed by atoms with Crippen molar-refractivity contribution in [3.63, 3.8) is 0 Å². The molecule has 0 spiro atoms. The van der Waals surface area contributed by atoms with E-state index in [1.165, 1.54) is 11.1 Å². The lowest BCUT2D eigenvalue weighted by atomic mass is 9.72. The molecule has 0 saturated heterocycles. The van der Waals surface area contributed by atoms with Crippen LogP contribution in [0.4, 0.5) is 0 Å². The molecule has 0 bridgehead atoms. The Labute approximate surface area is 159 Å². The topological polar surface area (TPSA) is 3.24 Å². The average molecular weight is 356 g/mol. The Morgan fingerprint density at radius 2 is 1.28 bits per heavy atom. The highest BCUT2D eigenvalue weighted by Crippen LogP contribution is 2.36. The maximum Gasteiger partial charge on any atom is 0.0812 e. The second kappa shape index (κ2) is 11.0. The molecular weight excluding hydrogens is 326 g/mol. The summed E-state index contributed by atoms with van der Waals surface area (Å²) in [5, 5.41) is 0. The van der Waals surface area contributed by atoms with E-state index in [1.54, 1.807) is 0 Å². The SMILES string of the molecule is CCCC(C#CCN(CC)CC)(c1ccccc1)c1ccccc1.Cl. The summed E-state index contributed by atoms with van der Waals surface area (Å²) in [6.45, 7) is 9.55. The highest BCUT2D eigenvalue weighted by molar-refractivity contribution is 5.85. The van der Waals surface area contributed by atoms with Gasteiger partial charge < -0.3 is 0 Å². The van der Waals surface area contributed by atoms with Crippen molar-refractivity contribution >= 4 is 12.4 Å². The van der Waals surface area contributed by atoms with Crippen molar-refractivity contribution in [2.24, 2.45) is 0 Å². The fraction of sp³-hybridized carbons (Fsp3) is 0.391. The predicted octanol–water partition coefficient (Wildman–Crippen LogP) is 5.54. The first-order valence-corrected chi connectivity index (χ1v) is 9.10. The molecule has 0 radical (unpaired) electrons. The van der Waals surface area contributed by atoms with Gasteiger partial charge in [-0.1, -0.05) is 99.7 Å². The number of rotatable bonds is 7. The summed E-state index contributed by atoms with van der Waals surface area (Å²) in [6, 6.07) is 21.5. The molecule has 2 heteroatoms. The normalized spacial score (nSPS) is 10.7. The van der Waals surface area contributed by atoms with Gasteiger partial charge in [-0.15, -0.1) is 12.4 Å². The lowest BCUT2D eigenvalue weighted by Crippen LogP contribution is -2.27. The Kier molecular flexibility index (Phi) is 9.35. The molecular formula is C23H30ClN. The van der Waals surface area contributed by atoms with E-state index in [1.807, 2.05) is 0 Å². The Morgan fingerprint density at radius 1 is 0.800 bits per heavy atom. The molecule has 0 aliphatic rings. The maximum atomic E-state index is 3.67. The van der Waals surface area contributed by atoms with Crippen LogP contribution in [0.1, 0.15) is 44.7 Å². The predicted molar refractivity (Wildman–Crippen MR) is 111 cm³/mol. The lowest BCUT2D eigenvalue weighted by molar-refractivity contribution is 0.342. The summed E-state index contributed by atoms with van der Waals surface area (Å²) in [7, 11) is 0. The van der Waals surface area contributed by atoms with Crippen molar-refractivity contribution < 1.29 is 0 Å². The molecule has 0 heterocycles. The fourth-order valence-corrected chi connectivity index (χ4v) is 3.23. The molecule has 0 fully saturated rings. The quantitative estimate of drug-likeness (QED) is 0.589. The first-order chi connectivity index (χ1) is 11.8. The number of benzene rings is 2. The maximum absolute atomic E-state index is 3.67. The van der Waals surface area contributed by atoms with Gasteiger partial charge in [0.1, 0.15) is 0 Å². The van der Waals surface area contributed by atoms with Crippen LogP contribution in [0, 0.1) is 11.8 Å². The van der Waals surface area contributed by atoms with Gasteiger partial charge in [0, 0.05) is 0 Å². The van der Waals surface area contributed by atoms with E-state index < -0.39 is 0 Å². The number of hydrogen-bond donors (Lipinski definition) is 0. The van der Waals surface area contributed by atoms with Crippen LogP contribution in [0.25, 0.3) is 0 Å². The van der Waals surface area contributed by atoms with Gasteiger partial charge in [-0.05, 0) is 30.6 Å². The smallest absolute Gasteiger partial charge is 0.0812 e. The zero-order chi connectivity index (χ0) is 17.3. The molecule has 2 rings (SSSR count). The monoisotopic (exact) mass is 355 g/mol. The second-order valence-electron chi connectivity index (χ2n) is 6.15. The Morgan fingerprint density at radius 3 is 1.68 bits per heavy atom. The van der Waals surface area contributed by atoms with E-state index >= 15 is 0 Å². The van der Waals surface area contributed by atoms with E-state index in [0.717, 1.165) is 32.5 Å². The molecule has 0 aliphatic heterocycles. The van der Waals surface area contributed by atoms with Crippen LogP contribution in [0.2, 0.25) is 0 Å². The highest BCUT2D eigenvalue weighted by atomic mass is 35.5. The third kappa shape index (κ3) is 5.36. The van der Waals surface area contributed by atoms with Crippen LogP contribution in [0.15, 0.2) is 60.7 Å². The van der Waals surface area contributed by atoms with Gasteiger partial charge >= 0.3 is 0 Å². The van der Waals surface area contributed by atoms with Gasteiger partial charge in [-0.2, -0.15) is 0 Å². The first kappa shape index (κ1) is 21.3. The van der Waals surface area contributed by atoms with Gasteiger partial charge in [-0.25, -0.2) is 0 Å². The summed E-state index contributed by atoms with van der Waals surface area (Å²) in [4.78, 5) is 2.36. The summed E-state index contributed by atoms with van der Waals surface area (Å²) in [5.74, 6) is 7.16. The molecule has 0 amide bonds. The van der Waals surface area contributed by atoms with E-state index in [9.17, 15) is 0 Å². The summed E-state index contributed by atoms with van der Waals surface area (Å²) in [6.07, 6.45) is 2.13. The average Bonchev–Trinajstić information content (AvgIpc) is 2.66. The number of nitrogens with zero attached hydrogens (tertiary/aromatic N) is 1. The molecule has 0 N–H and O–H groups in total.